The maximum atomic E-state index is 11.7. The molecule has 0 bridgehead atoms. The van der Waals surface area contributed by atoms with Gasteiger partial charge in [0, 0.05) is 24.2 Å². The lowest BCUT2D eigenvalue weighted by Crippen LogP contribution is -2.14. The van der Waals surface area contributed by atoms with E-state index < -0.39 is 0 Å². The van der Waals surface area contributed by atoms with Gasteiger partial charge in [-0.25, -0.2) is 0 Å². The van der Waals surface area contributed by atoms with Crippen molar-refractivity contribution in [3.8, 4) is 0 Å². The minimum Gasteiger partial charge on any atom is -0.309 e. The summed E-state index contributed by atoms with van der Waals surface area (Å²) in [6, 6.07) is 9.27. The van der Waals surface area contributed by atoms with Crippen LogP contribution in [0.25, 0.3) is 0 Å². The molecule has 88 valence electrons. The number of anilines is 1. The fraction of sp³-hybridized carbons (Fsp3) is 0.167. The monoisotopic (exact) mass is 247 g/mol. The largest absolute Gasteiger partial charge is 0.309 e. The predicted octanol–water partition coefficient (Wildman–Crippen LogP) is 1.89. The molecule has 0 atom stereocenters. The van der Waals surface area contributed by atoms with E-state index in [9.17, 15) is 4.79 Å². The van der Waals surface area contributed by atoms with Crippen LogP contribution in [0.15, 0.2) is 41.4 Å². The van der Waals surface area contributed by atoms with Crippen molar-refractivity contribution >= 4 is 24.4 Å². The lowest BCUT2D eigenvalue weighted by atomic mass is 10.1. The summed E-state index contributed by atoms with van der Waals surface area (Å²) in [5, 5.41) is 6.81. The Morgan fingerprint density at radius 1 is 1.35 bits per heavy atom. The van der Waals surface area contributed by atoms with Crippen molar-refractivity contribution in [1.82, 2.24) is 9.78 Å². The summed E-state index contributed by atoms with van der Waals surface area (Å²) < 4.78 is 1.64. The van der Waals surface area contributed by atoms with Crippen LogP contribution in [0.5, 0.6) is 0 Å². The molecule has 1 aromatic heterocycles. The lowest BCUT2D eigenvalue weighted by molar-refractivity contribution is -0.115. The van der Waals surface area contributed by atoms with Crippen LogP contribution >= 0.6 is 12.6 Å². The normalized spacial score (nSPS) is 10.2. The summed E-state index contributed by atoms with van der Waals surface area (Å²) >= 11 is 4.19. The van der Waals surface area contributed by atoms with Gasteiger partial charge in [-0.05, 0) is 17.7 Å². The Morgan fingerprint density at radius 3 is 2.65 bits per heavy atom. The number of nitrogens with one attached hydrogen (secondary N) is 1. The highest BCUT2D eigenvalue weighted by Crippen LogP contribution is 2.09. The van der Waals surface area contributed by atoms with E-state index >= 15 is 0 Å². The van der Waals surface area contributed by atoms with Gasteiger partial charge in [0.15, 0.2) is 5.82 Å². The Hall–Kier alpha value is -1.75. The molecule has 5 heteroatoms. The molecule has 17 heavy (non-hydrogen) atoms. The van der Waals surface area contributed by atoms with Crippen molar-refractivity contribution in [3.05, 3.63) is 42.1 Å². The number of aryl methyl sites for hydroxylation is 1. The smallest absolute Gasteiger partial charge is 0.229 e. The van der Waals surface area contributed by atoms with Gasteiger partial charge in [-0.3, -0.25) is 9.48 Å². The summed E-state index contributed by atoms with van der Waals surface area (Å²) in [7, 11) is 1.81. The van der Waals surface area contributed by atoms with E-state index in [0.29, 0.717) is 12.2 Å². The predicted molar refractivity (Wildman–Crippen MR) is 69.2 cm³/mol. The fourth-order valence-corrected chi connectivity index (χ4v) is 1.62. The van der Waals surface area contributed by atoms with Crippen molar-refractivity contribution in [2.45, 2.75) is 11.3 Å². The second-order valence-corrected chi connectivity index (χ2v) is 4.28. The first-order valence-corrected chi connectivity index (χ1v) is 5.65. The van der Waals surface area contributed by atoms with E-state index in [1.807, 2.05) is 24.3 Å². The Labute approximate surface area is 105 Å². The van der Waals surface area contributed by atoms with Gasteiger partial charge in [-0.2, -0.15) is 5.10 Å². The molecule has 1 aromatic carbocycles. The van der Waals surface area contributed by atoms with E-state index in [0.717, 1.165) is 10.5 Å². The number of aromatic nitrogens is 2. The maximum absolute atomic E-state index is 11.7. The molecule has 0 fully saturated rings. The molecule has 1 amide bonds. The third kappa shape index (κ3) is 3.35. The van der Waals surface area contributed by atoms with E-state index in [1.165, 1.54) is 0 Å². The fourth-order valence-electron chi connectivity index (χ4n) is 1.47. The van der Waals surface area contributed by atoms with Gasteiger partial charge in [-0.15, -0.1) is 12.6 Å². The summed E-state index contributed by atoms with van der Waals surface area (Å²) in [4.78, 5) is 12.6. The van der Waals surface area contributed by atoms with Crippen LogP contribution in [0.3, 0.4) is 0 Å². The van der Waals surface area contributed by atoms with Crippen LogP contribution in [0.1, 0.15) is 5.56 Å². The molecule has 0 saturated heterocycles. The topological polar surface area (TPSA) is 46.9 Å². The Bertz CT molecular complexity index is 519. The molecule has 0 aliphatic heterocycles. The minimum absolute atomic E-state index is 0.0735. The van der Waals surface area contributed by atoms with Gasteiger partial charge < -0.3 is 5.32 Å². The molecule has 2 aromatic rings. The van der Waals surface area contributed by atoms with Crippen molar-refractivity contribution in [2.75, 3.05) is 5.32 Å². The molecule has 1 N–H and O–H groups in total. The number of benzene rings is 1. The van der Waals surface area contributed by atoms with Gasteiger partial charge in [0.25, 0.3) is 0 Å². The average Bonchev–Trinajstić information content (AvgIpc) is 2.67. The van der Waals surface area contributed by atoms with Crippen LogP contribution < -0.4 is 5.32 Å². The van der Waals surface area contributed by atoms with E-state index in [4.69, 9.17) is 0 Å². The van der Waals surface area contributed by atoms with E-state index in [-0.39, 0.29) is 5.91 Å². The molecule has 4 nitrogen and oxygen atoms in total. The molecule has 0 spiro atoms. The summed E-state index contributed by atoms with van der Waals surface area (Å²) in [5.41, 5.74) is 0.955. The summed E-state index contributed by atoms with van der Waals surface area (Å²) in [6.45, 7) is 0. The van der Waals surface area contributed by atoms with Gasteiger partial charge in [0.1, 0.15) is 0 Å². The zero-order valence-corrected chi connectivity index (χ0v) is 10.3. The standard InChI is InChI=1S/C12H13N3OS/c1-15-7-6-11(14-15)13-12(16)8-9-2-4-10(17)5-3-9/h2-7,17H,8H2,1H3,(H,13,14,16). The van der Waals surface area contributed by atoms with Gasteiger partial charge in [0.2, 0.25) is 5.91 Å². The number of hydrogen-bond donors (Lipinski definition) is 2. The van der Waals surface area contributed by atoms with E-state index in [1.54, 1.807) is 24.0 Å². The zero-order chi connectivity index (χ0) is 12.3. The average molecular weight is 247 g/mol. The number of rotatable bonds is 3. The summed E-state index contributed by atoms with van der Waals surface area (Å²) in [6.07, 6.45) is 2.12. The van der Waals surface area contributed by atoms with Crippen LogP contribution in [0, 0.1) is 0 Å². The molecular weight excluding hydrogens is 234 g/mol. The first kappa shape index (κ1) is 11.7. The molecule has 1 heterocycles. The molecule has 0 aliphatic rings. The van der Waals surface area contributed by atoms with Gasteiger partial charge in [-0.1, -0.05) is 12.1 Å². The first-order valence-electron chi connectivity index (χ1n) is 5.21. The third-order valence-corrected chi connectivity index (χ3v) is 2.58. The van der Waals surface area contributed by atoms with Gasteiger partial charge in [0.05, 0.1) is 6.42 Å². The number of nitrogens with zero attached hydrogens (tertiary/aromatic N) is 2. The number of hydrogen-bond acceptors (Lipinski definition) is 3. The second kappa shape index (κ2) is 5.05. The number of carbonyl (C=O) groups is 1. The highest BCUT2D eigenvalue weighted by atomic mass is 32.1. The highest BCUT2D eigenvalue weighted by molar-refractivity contribution is 7.80. The SMILES string of the molecule is Cn1ccc(NC(=O)Cc2ccc(S)cc2)n1. The number of carbonyl (C=O) groups excluding carboxylic acids is 1. The zero-order valence-electron chi connectivity index (χ0n) is 9.42. The van der Waals surface area contributed by atoms with Gasteiger partial charge >= 0.3 is 0 Å². The molecule has 0 radical (unpaired) electrons. The first-order chi connectivity index (χ1) is 8.13. The van der Waals surface area contributed by atoms with E-state index in [2.05, 4.69) is 23.0 Å². The van der Waals surface area contributed by atoms with Crippen LogP contribution in [-0.2, 0) is 18.3 Å². The molecular formula is C12H13N3OS. The lowest BCUT2D eigenvalue weighted by Gasteiger charge is -2.02. The third-order valence-electron chi connectivity index (χ3n) is 2.28. The summed E-state index contributed by atoms with van der Waals surface area (Å²) in [5.74, 6) is 0.499. The maximum Gasteiger partial charge on any atom is 0.229 e. The quantitative estimate of drug-likeness (QED) is 0.814. The van der Waals surface area contributed by atoms with Crippen molar-refractivity contribution in [3.63, 3.8) is 0 Å². The molecule has 2 rings (SSSR count). The Morgan fingerprint density at radius 2 is 2.06 bits per heavy atom. The Balaban J connectivity index is 1.95. The second-order valence-electron chi connectivity index (χ2n) is 3.77. The molecule has 0 unspecified atom stereocenters. The van der Waals surface area contributed by atoms with Crippen LogP contribution in [-0.4, -0.2) is 15.7 Å². The highest BCUT2D eigenvalue weighted by Gasteiger charge is 2.05. The minimum atomic E-state index is -0.0735. The van der Waals surface area contributed by atoms with Crippen LogP contribution in [0.4, 0.5) is 5.82 Å². The molecule has 0 aliphatic carbocycles. The van der Waals surface area contributed by atoms with Crippen molar-refractivity contribution in [1.29, 1.82) is 0 Å². The Kier molecular flexibility index (Phi) is 3.49. The van der Waals surface area contributed by atoms with Crippen molar-refractivity contribution < 1.29 is 4.79 Å². The van der Waals surface area contributed by atoms with Crippen LogP contribution in [0.2, 0.25) is 0 Å². The molecule has 0 saturated carbocycles. The number of thiol groups is 1. The van der Waals surface area contributed by atoms with Crippen molar-refractivity contribution in [2.24, 2.45) is 7.05 Å². The number of amides is 1.